The van der Waals surface area contributed by atoms with Gasteiger partial charge in [-0.3, -0.25) is 4.68 Å². The summed E-state index contributed by atoms with van der Waals surface area (Å²) in [4.78, 5) is 4.39. The van der Waals surface area contributed by atoms with Crippen LogP contribution in [0.2, 0.25) is 0 Å². The number of unbranched alkanes of at least 4 members (excludes halogenated alkanes) is 1. The molecule has 2 heterocycles. The Morgan fingerprint density at radius 1 is 1.13 bits per heavy atom. The molecule has 0 unspecified atom stereocenters. The van der Waals surface area contributed by atoms with E-state index >= 15 is 0 Å². The molecule has 23 heavy (non-hydrogen) atoms. The quantitative estimate of drug-likeness (QED) is 0.724. The lowest BCUT2D eigenvalue weighted by atomic mass is 10.2. The van der Waals surface area contributed by atoms with Crippen molar-refractivity contribution < 1.29 is 8.78 Å². The average molecular weight is 317 g/mol. The Balaban J connectivity index is 2.10. The Bertz CT molecular complexity index is 822. The fourth-order valence-electron chi connectivity index (χ4n) is 2.32. The van der Waals surface area contributed by atoms with Gasteiger partial charge in [-0.05, 0) is 24.6 Å². The number of benzene rings is 1. The maximum absolute atomic E-state index is 14.1. The van der Waals surface area contributed by atoms with Crippen LogP contribution in [-0.4, -0.2) is 24.5 Å². The summed E-state index contributed by atoms with van der Waals surface area (Å²) in [6.45, 7) is 2.64. The topological polar surface area (TPSA) is 48.5 Å². The third kappa shape index (κ3) is 2.99. The van der Waals surface area contributed by atoms with Crippen LogP contribution in [0.25, 0.3) is 22.9 Å². The van der Waals surface area contributed by atoms with E-state index in [9.17, 15) is 8.78 Å². The number of halogens is 2. The molecule has 0 fully saturated rings. The van der Waals surface area contributed by atoms with Crippen LogP contribution in [0.15, 0.2) is 30.5 Å². The van der Waals surface area contributed by atoms with E-state index in [2.05, 4.69) is 22.1 Å². The predicted molar refractivity (Wildman–Crippen MR) is 82.5 cm³/mol. The van der Waals surface area contributed by atoms with E-state index in [1.165, 1.54) is 12.1 Å². The summed E-state index contributed by atoms with van der Waals surface area (Å²) < 4.78 is 30.9. The molecule has 0 atom stereocenters. The zero-order valence-corrected chi connectivity index (χ0v) is 13.0. The number of aromatic nitrogens is 5. The van der Waals surface area contributed by atoms with Crippen molar-refractivity contribution >= 4 is 0 Å². The molecule has 0 spiro atoms. The summed E-state index contributed by atoms with van der Waals surface area (Å²) in [5, 5.41) is 8.68. The van der Waals surface area contributed by atoms with Crippen molar-refractivity contribution in [2.75, 3.05) is 0 Å². The molecule has 5 nitrogen and oxygen atoms in total. The van der Waals surface area contributed by atoms with Crippen molar-refractivity contribution in [3.05, 3.63) is 42.1 Å². The molecule has 1 aromatic carbocycles. The van der Waals surface area contributed by atoms with Gasteiger partial charge in [0.1, 0.15) is 5.69 Å². The number of aryl methyl sites for hydroxylation is 2. The Morgan fingerprint density at radius 2 is 1.96 bits per heavy atom. The van der Waals surface area contributed by atoms with Gasteiger partial charge in [-0.15, -0.1) is 5.10 Å². The highest BCUT2D eigenvalue weighted by Gasteiger charge is 2.19. The minimum absolute atomic E-state index is 0.107. The van der Waals surface area contributed by atoms with Crippen LogP contribution >= 0.6 is 0 Å². The fraction of sp³-hybridized carbons (Fsp3) is 0.312. The van der Waals surface area contributed by atoms with Crippen molar-refractivity contribution in [3.63, 3.8) is 0 Å². The molecule has 0 radical (unpaired) electrons. The second-order valence-electron chi connectivity index (χ2n) is 5.31. The predicted octanol–water partition coefficient (Wildman–Crippen LogP) is 3.42. The number of rotatable bonds is 5. The third-order valence-electron chi connectivity index (χ3n) is 3.53. The second-order valence-corrected chi connectivity index (χ2v) is 5.31. The molecule has 0 bridgehead atoms. The van der Waals surface area contributed by atoms with Gasteiger partial charge in [-0.1, -0.05) is 19.4 Å². The van der Waals surface area contributed by atoms with Crippen molar-refractivity contribution in [1.82, 2.24) is 24.5 Å². The van der Waals surface area contributed by atoms with Gasteiger partial charge < -0.3 is 0 Å². The summed E-state index contributed by atoms with van der Waals surface area (Å²) in [6, 6.07) is 5.84. The van der Waals surface area contributed by atoms with Crippen LogP contribution in [0.4, 0.5) is 8.78 Å². The summed E-state index contributed by atoms with van der Waals surface area (Å²) in [5.41, 5.74) is 0.705. The van der Waals surface area contributed by atoms with E-state index in [1.807, 2.05) is 0 Å². The first kappa shape index (κ1) is 15.3. The molecule has 0 saturated heterocycles. The maximum Gasteiger partial charge on any atom is 0.202 e. The van der Waals surface area contributed by atoms with E-state index in [4.69, 9.17) is 0 Å². The lowest BCUT2D eigenvalue weighted by Gasteiger charge is -2.06. The van der Waals surface area contributed by atoms with Crippen LogP contribution in [-0.2, 0) is 13.6 Å². The van der Waals surface area contributed by atoms with E-state index in [-0.39, 0.29) is 5.56 Å². The monoisotopic (exact) mass is 317 g/mol. The summed E-state index contributed by atoms with van der Waals surface area (Å²) >= 11 is 0. The van der Waals surface area contributed by atoms with Crippen LogP contribution in [0.5, 0.6) is 0 Å². The maximum atomic E-state index is 14.1. The van der Waals surface area contributed by atoms with Gasteiger partial charge in [-0.25, -0.2) is 18.4 Å². The standard InChI is InChI=1S/C16H17F2N5/c1-3-4-9-23-16(11-6-5-7-12(17)14(11)18)19-15(21-23)13-8-10-22(2)20-13/h5-8,10H,3-4,9H2,1-2H3. The molecule has 0 saturated carbocycles. The van der Waals surface area contributed by atoms with Gasteiger partial charge in [-0.2, -0.15) is 5.10 Å². The second kappa shape index (κ2) is 6.28. The molecule has 0 N–H and O–H groups in total. The van der Waals surface area contributed by atoms with E-state index in [1.54, 1.807) is 28.7 Å². The van der Waals surface area contributed by atoms with Gasteiger partial charge in [0.25, 0.3) is 0 Å². The molecule has 3 rings (SSSR count). The van der Waals surface area contributed by atoms with Crippen LogP contribution in [0, 0.1) is 11.6 Å². The zero-order chi connectivity index (χ0) is 16.4. The third-order valence-corrected chi connectivity index (χ3v) is 3.53. The van der Waals surface area contributed by atoms with Crippen molar-refractivity contribution in [1.29, 1.82) is 0 Å². The van der Waals surface area contributed by atoms with Crippen molar-refractivity contribution in [3.8, 4) is 22.9 Å². The zero-order valence-electron chi connectivity index (χ0n) is 13.0. The Morgan fingerprint density at radius 3 is 2.65 bits per heavy atom. The first-order valence-corrected chi connectivity index (χ1v) is 7.49. The highest BCUT2D eigenvalue weighted by Crippen LogP contribution is 2.25. The number of nitrogens with zero attached hydrogens (tertiary/aromatic N) is 5. The Labute approximate surface area is 132 Å². The minimum Gasteiger partial charge on any atom is -0.275 e. The number of hydrogen-bond donors (Lipinski definition) is 0. The first-order valence-electron chi connectivity index (χ1n) is 7.49. The smallest absolute Gasteiger partial charge is 0.202 e. The highest BCUT2D eigenvalue weighted by atomic mass is 19.2. The molecular formula is C16H17F2N5. The first-order chi connectivity index (χ1) is 11.1. The molecule has 0 aliphatic carbocycles. The molecule has 0 amide bonds. The summed E-state index contributed by atoms with van der Waals surface area (Å²) in [7, 11) is 1.80. The van der Waals surface area contributed by atoms with Crippen LogP contribution in [0.3, 0.4) is 0 Å². The van der Waals surface area contributed by atoms with Crippen LogP contribution < -0.4 is 0 Å². The Kier molecular flexibility index (Phi) is 4.18. The average Bonchev–Trinajstić information content (AvgIpc) is 3.14. The van der Waals surface area contributed by atoms with E-state index < -0.39 is 11.6 Å². The minimum atomic E-state index is -0.912. The molecule has 3 aromatic rings. The SMILES string of the molecule is CCCCn1nc(-c2ccn(C)n2)nc1-c1cccc(F)c1F. The fourth-order valence-corrected chi connectivity index (χ4v) is 2.32. The van der Waals surface area contributed by atoms with Crippen molar-refractivity contribution in [2.45, 2.75) is 26.3 Å². The highest BCUT2D eigenvalue weighted by molar-refractivity contribution is 5.60. The summed E-state index contributed by atoms with van der Waals surface area (Å²) in [5.74, 6) is -1.09. The van der Waals surface area contributed by atoms with Gasteiger partial charge in [0.15, 0.2) is 17.5 Å². The van der Waals surface area contributed by atoms with E-state index in [0.29, 0.717) is 23.9 Å². The molecule has 120 valence electrons. The molecule has 2 aromatic heterocycles. The lowest BCUT2D eigenvalue weighted by Crippen LogP contribution is -2.04. The van der Waals surface area contributed by atoms with Gasteiger partial charge in [0.2, 0.25) is 5.82 Å². The Hall–Kier alpha value is -2.57. The van der Waals surface area contributed by atoms with Gasteiger partial charge >= 0.3 is 0 Å². The van der Waals surface area contributed by atoms with E-state index in [0.717, 1.165) is 18.9 Å². The summed E-state index contributed by atoms with van der Waals surface area (Å²) in [6.07, 6.45) is 3.61. The largest absolute Gasteiger partial charge is 0.275 e. The molecule has 0 aliphatic heterocycles. The van der Waals surface area contributed by atoms with Crippen molar-refractivity contribution in [2.24, 2.45) is 7.05 Å². The molecular weight excluding hydrogens is 300 g/mol. The van der Waals surface area contributed by atoms with Gasteiger partial charge in [0.05, 0.1) is 5.56 Å². The van der Waals surface area contributed by atoms with Gasteiger partial charge in [0, 0.05) is 19.8 Å². The van der Waals surface area contributed by atoms with Crippen LogP contribution in [0.1, 0.15) is 19.8 Å². The number of hydrogen-bond acceptors (Lipinski definition) is 3. The normalized spacial score (nSPS) is 11.1. The molecule has 7 heteroatoms. The molecule has 0 aliphatic rings. The lowest BCUT2D eigenvalue weighted by molar-refractivity contribution is 0.507.